The van der Waals surface area contributed by atoms with Crippen molar-refractivity contribution in [1.82, 2.24) is 14.8 Å². The number of benzene rings is 1. The molecule has 2 aliphatic heterocycles. The molecule has 170 valence electrons. The number of urea groups is 1. The van der Waals surface area contributed by atoms with Crippen molar-refractivity contribution >= 4 is 11.7 Å². The van der Waals surface area contributed by atoms with Gasteiger partial charge in [-0.1, -0.05) is 37.5 Å². The average Bonchev–Trinajstić information content (AvgIpc) is 2.81. The quantitative estimate of drug-likeness (QED) is 0.681. The summed E-state index contributed by atoms with van der Waals surface area (Å²) in [7, 11) is 0. The Hall–Kier alpha value is -2.40. The number of likely N-dealkylation sites (tertiary alicyclic amines) is 2. The van der Waals surface area contributed by atoms with Crippen LogP contribution >= 0.6 is 0 Å². The maximum Gasteiger partial charge on any atom is 0.321 e. The number of piperidine rings is 1. The van der Waals surface area contributed by atoms with Gasteiger partial charge in [-0.25, -0.2) is 4.79 Å². The van der Waals surface area contributed by atoms with E-state index in [1.165, 1.54) is 75.7 Å². The van der Waals surface area contributed by atoms with Gasteiger partial charge in [0.2, 0.25) is 0 Å². The molecule has 0 unspecified atom stereocenters. The third-order valence-corrected chi connectivity index (χ3v) is 7.79. The van der Waals surface area contributed by atoms with Crippen LogP contribution in [0.2, 0.25) is 0 Å². The molecule has 0 atom stereocenters. The summed E-state index contributed by atoms with van der Waals surface area (Å²) in [4.78, 5) is 21.3. The molecule has 1 aliphatic carbocycles. The number of nitrogens with zero attached hydrogens (tertiary/aromatic N) is 3. The molecule has 2 aromatic rings. The van der Waals surface area contributed by atoms with E-state index in [1.807, 2.05) is 17.2 Å². The number of rotatable bonds is 5. The molecular formula is C27H36N4O. The van der Waals surface area contributed by atoms with Gasteiger partial charge in [-0.3, -0.25) is 4.98 Å². The van der Waals surface area contributed by atoms with Gasteiger partial charge in [0.1, 0.15) is 0 Å². The van der Waals surface area contributed by atoms with Crippen molar-refractivity contribution < 1.29 is 4.79 Å². The van der Waals surface area contributed by atoms with Gasteiger partial charge in [0.15, 0.2) is 0 Å². The minimum Gasteiger partial charge on any atom is -0.323 e. The topological polar surface area (TPSA) is 48.5 Å². The lowest BCUT2D eigenvalue weighted by atomic mass is 9.86. The van der Waals surface area contributed by atoms with Gasteiger partial charge in [-0.2, -0.15) is 0 Å². The van der Waals surface area contributed by atoms with E-state index in [9.17, 15) is 4.79 Å². The Morgan fingerprint density at radius 1 is 0.906 bits per heavy atom. The summed E-state index contributed by atoms with van der Waals surface area (Å²) in [5.74, 6) is 1.99. The van der Waals surface area contributed by atoms with Crippen LogP contribution < -0.4 is 5.32 Å². The fraction of sp³-hybridized carbons (Fsp3) is 0.556. The fourth-order valence-corrected chi connectivity index (χ4v) is 5.70. The van der Waals surface area contributed by atoms with E-state index in [0.717, 1.165) is 24.7 Å². The molecule has 32 heavy (non-hydrogen) atoms. The first-order valence-electron chi connectivity index (χ1n) is 12.5. The van der Waals surface area contributed by atoms with Crippen LogP contribution in [0.1, 0.15) is 67.9 Å². The first-order valence-corrected chi connectivity index (χ1v) is 12.5. The zero-order valence-electron chi connectivity index (χ0n) is 19.1. The van der Waals surface area contributed by atoms with Crippen LogP contribution in [0.25, 0.3) is 0 Å². The van der Waals surface area contributed by atoms with E-state index >= 15 is 0 Å². The molecule has 5 rings (SSSR count). The van der Waals surface area contributed by atoms with Crippen molar-refractivity contribution in [1.29, 1.82) is 0 Å². The Balaban J connectivity index is 1.06. The summed E-state index contributed by atoms with van der Waals surface area (Å²) in [6.07, 6.45) is 13.4. The molecule has 3 heterocycles. The zero-order chi connectivity index (χ0) is 21.8. The van der Waals surface area contributed by atoms with Crippen LogP contribution in [0.3, 0.4) is 0 Å². The van der Waals surface area contributed by atoms with Crippen LogP contribution in [0.4, 0.5) is 10.5 Å². The van der Waals surface area contributed by atoms with Crippen molar-refractivity contribution in [3.05, 3.63) is 59.9 Å². The largest absolute Gasteiger partial charge is 0.323 e. The molecule has 0 radical (unpaired) electrons. The molecule has 2 saturated heterocycles. The highest BCUT2D eigenvalue weighted by Crippen LogP contribution is 2.31. The Kier molecular flexibility index (Phi) is 6.72. The summed E-state index contributed by atoms with van der Waals surface area (Å²) in [5, 5.41) is 3.06. The molecule has 5 heteroatoms. The summed E-state index contributed by atoms with van der Waals surface area (Å²) >= 11 is 0. The van der Waals surface area contributed by atoms with Gasteiger partial charge < -0.3 is 15.1 Å². The van der Waals surface area contributed by atoms with E-state index in [2.05, 4.69) is 45.5 Å². The Morgan fingerprint density at radius 3 is 2.34 bits per heavy atom. The summed E-state index contributed by atoms with van der Waals surface area (Å²) < 4.78 is 0. The van der Waals surface area contributed by atoms with Crippen LogP contribution in [0.15, 0.2) is 48.8 Å². The second-order valence-electron chi connectivity index (χ2n) is 10.0. The number of nitrogens with one attached hydrogen (secondary N) is 1. The number of hydrogen-bond donors (Lipinski definition) is 1. The number of pyridine rings is 1. The molecule has 3 fully saturated rings. The predicted octanol–water partition coefficient (Wildman–Crippen LogP) is 5.47. The second-order valence-corrected chi connectivity index (χ2v) is 10.0. The number of carbonyl (C=O) groups excluding carboxylic acids is 1. The highest BCUT2D eigenvalue weighted by Gasteiger charge is 2.32. The van der Waals surface area contributed by atoms with E-state index in [0.29, 0.717) is 11.8 Å². The lowest BCUT2D eigenvalue weighted by Crippen LogP contribution is -2.50. The highest BCUT2D eigenvalue weighted by molar-refractivity contribution is 5.90. The lowest BCUT2D eigenvalue weighted by molar-refractivity contribution is 0.163. The fourth-order valence-electron chi connectivity index (χ4n) is 5.70. The molecule has 3 aliphatic rings. The van der Waals surface area contributed by atoms with Crippen molar-refractivity contribution in [2.45, 2.75) is 56.8 Å². The third-order valence-electron chi connectivity index (χ3n) is 7.79. The van der Waals surface area contributed by atoms with E-state index in [-0.39, 0.29) is 6.03 Å². The number of amides is 2. The normalized spacial score (nSPS) is 21.3. The molecule has 1 aromatic heterocycles. The maximum absolute atomic E-state index is 12.6. The molecule has 1 saturated carbocycles. The van der Waals surface area contributed by atoms with E-state index in [1.54, 1.807) is 6.20 Å². The van der Waals surface area contributed by atoms with Crippen LogP contribution in [0, 0.1) is 5.92 Å². The lowest BCUT2D eigenvalue weighted by Gasteiger charge is -2.39. The molecule has 0 bridgehead atoms. The molecule has 1 aromatic carbocycles. The molecule has 5 nitrogen and oxygen atoms in total. The van der Waals surface area contributed by atoms with Crippen molar-refractivity contribution in [2.24, 2.45) is 5.92 Å². The standard InChI is InChI=1S/C27H36N4O/c32-27(31-19-25(20-31)24-7-4-14-28-17-24)29-26-10-8-22(9-11-26)23-12-15-30(16-13-23)18-21-5-2-1-3-6-21/h4,7-11,14,17,21,23,25H,1-3,5-6,12-13,15-16,18-20H2,(H,29,32). The van der Waals surface area contributed by atoms with Gasteiger partial charge in [-0.15, -0.1) is 0 Å². The summed E-state index contributed by atoms with van der Waals surface area (Å²) in [6.45, 7) is 5.29. The van der Waals surface area contributed by atoms with Crippen molar-refractivity contribution in [2.75, 3.05) is 38.0 Å². The molecule has 0 spiro atoms. The SMILES string of the molecule is O=C(Nc1ccc(C2CCN(CC3CCCCC3)CC2)cc1)N1CC(c2cccnc2)C1. The third kappa shape index (κ3) is 5.15. The Morgan fingerprint density at radius 2 is 1.66 bits per heavy atom. The predicted molar refractivity (Wildman–Crippen MR) is 129 cm³/mol. The van der Waals surface area contributed by atoms with Crippen LogP contribution in [-0.4, -0.2) is 53.5 Å². The van der Waals surface area contributed by atoms with E-state index < -0.39 is 0 Å². The average molecular weight is 433 g/mol. The number of aromatic nitrogens is 1. The first kappa shape index (κ1) is 21.4. The molecule has 1 N–H and O–H groups in total. The van der Waals surface area contributed by atoms with Crippen LogP contribution in [-0.2, 0) is 0 Å². The van der Waals surface area contributed by atoms with E-state index in [4.69, 9.17) is 0 Å². The smallest absolute Gasteiger partial charge is 0.321 e. The summed E-state index contributed by atoms with van der Waals surface area (Å²) in [6, 6.07) is 12.6. The number of anilines is 1. The maximum atomic E-state index is 12.6. The summed E-state index contributed by atoms with van der Waals surface area (Å²) in [5.41, 5.74) is 3.52. The number of hydrogen-bond acceptors (Lipinski definition) is 3. The molecular weight excluding hydrogens is 396 g/mol. The minimum absolute atomic E-state index is 0.00564. The van der Waals surface area contributed by atoms with Gasteiger partial charge in [0.25, 0.3) is 0 Å². The van der Waals surface area contributed by atoms with Crippen molar-refractivity contribution in [3.8, 4) is 0 Å². The van der Waals surface area contributed by atoms with Gasteiger partial charge >= 0.3 is 6.03 Å². The van der Waals surface area contributed by atoms with Gasteiger partial charge in [0.05, 0.1) is 0 Å². The van der Waals surface area contributed by atoms with Gasteiger partial charge in [-0.05, 0) is 79.9 Å². The monoisotopic (exact) mass is 432 g/mol. The minimum atomic E-state index is -0.00564. The van der Waals surface area contributed by atoms with Crippen molar-refractivity contribution in [3.63, 3.8) is 0 Å². The zero-order valence-corrected chi connectivity index (χ0v) is 19.1. The Bertz CT molecular complexity index is 864. The second kappa shape index (κ2) is 10.0. The van der Waals surface area contributed by atoms with Gasteiger partial charge in [0, 0.05) is 43.6 Å². The highest BCUT2D eigenvalue weighted by atomic mass is 16.2. The first-order chi connectivity index (χ1) is 15.7. The number of carbonyl (C=O) groups is 1. The molecule has 2 amide bonds. The van der Waals surface area contributed by atoms with Crippen LogP contribution in [0.5, 0.6) is 0 Å². The Labute approximate surface area is 192 Å².